The highest BCUT2D eigenvalue weighted by atomic mass is 16.4. The van der Waals surface area contributed by atoms with Gasteiger partial charge in [-0.25, -0.2) is 4.79 Å². The van der Waals surface area contributed by atoms with E-state index in [1.807, 2.05) is 6.92 Å². The van der Waals surface area contributed by atoms with Gasteiger partial charge in [0, 0.05) is 23.0 Å². The molecule has 1 fully saturated rings. The van der Waals surface area contributed by atoms with Crippen LogP contribution >= 0.6 is 0 Å². The van der Waals surface area contributed by atoms with E-state index in [0.29, 0.717) is 11.3 Å². The fourth-order valence-electron chi connectivity index (χ4n) is 2.31. The van der Waals surface area contributed by atoms with Gasteiger partial charge in [-0.05, 0) is 33.6 Å². The maximum absolute atomic E-state index is 11.8. The molecular weight excluding hydrogens is 220 g/mol. The zero-order valence-corrected chi connectivity index (χ0v) is 10.2. The minimum absolute atomic E-state index is 0.218. The number of hydrogen-bond donors (Lipinski definition) is 1. The van der Waals surface area contributed by atoms with Crippen molar-refractivity contribution in [3.63, 3.8) is 0 Å². The van der Waals surface area contributed by atoms with Crippen molar-refractivity contribution in [2.24, 2.45) is 0 Å². The number of hydrogen-bond acceptors (Lipinski definition) is 3. The van der Waals surface area contributed by atoms with Crippen molar-refractivity contribution < 1.29 is 9.90 Å². The Kier molecular flexibility index (Phi) is 2.77. The maximum atomic E-state index is 11.8. The summed E-state index contributed by atoms with van der Waals surface area (Å²) in [5.74, 6) is -1.52. The summed E-state index contributed by atoms with van der Waals surface area (Å²) in [6.45, 7) is 5.13. The zero-order valence-electron chi connectivity index (χ0n) is 10.2. The van der Waals surface area contributed by atoms with Crippen molar-refractivity contribution in [2.45, 2.75) is 45.6 Å². The Morgan fingerprint density at radius 1 is 1.47 bits per heavy atom. The molecule has 1 atom stereocenters. The number of aromatic nitrogens is 2. The Morgan fingerprint density at radius 2 is 2.06 bits per heavy atom. The van der Waals surface area contributed by atoms with Gasteiger partial charge in [0.1, 0.15) is 0 Å². The van der Waals surface area contributed by atoms with E-state index in [4.69, 9.17) is 5.11 Å². The van der Waals surface area contributed by atoms with E-state index in [2.05, 4.69) is 4.98 Å². The minimum atomic E-state index is -0.890. The van der Waals surface area contributed by atoms with E-state index in [-0.39, 0.29) is 11.7 Å². The van der Waals surface area contributed by atoms with Crippen LogP contribution in [0.3, 0.4) is 0 Å². The molecule has 1 aromatic heterocycles. The van der Waals surface area contributed by atoms with Gasteiger partial charge in [0.05, 0.1) is 5.92 Å². The molecule has 1 saturated carbocycles. The lowest BCUT2D eigenvalue weighted by molar-refractivity contribution is -0.138. The average molecular weight is 236 g/mol. The highest BCUT2D eigenvalue weighted by molar-refractivity contribution is 5.76. The van der Waals surface area contributed by atoms with E-state index in [0.717, 1.165) is 18.5 Å². The molecule has 0 saturated heterocycles. The zero-order chi connectivity index (χ0) is 12.7. The molecule has 0 amide bonds. The van der Waals surface area contributed by atoms with Crippen LogP contribution in [-0.4, -0.2) is 20.6 Å². The van der Waals surface area contributed by atoms with E-state index in [1.54, 1.807) is 18.4 Å². The molecule has 2 rings (SSSR count). The van der Waals surface area contributed by atoms with Crippen LogP contribution < -0.4 is 5.69 Å². The molecule has 1 aliphatic rings. The summed E-state index contributed by atoms with van der Waals surface area (Å²) in [6.07, 6.45) is 1.96. The van der Waals surface area contributed by atoms with E-state index >= 15 is 0 Å². The summed E-state index contributed by atoms with van der Waals surface area (Å²) in [5, 5.41) is 9.08. The Hall–Kier alpha value is -1.65. The Morgan fingerprint density at radius 3 is 2.53 bits per heavy atom. The van der Waals surface area contributed by atoms with Crippen LogP contribution in [0.2, 0.25) is 0 Å². The molecule has 1 N–H and O–H groups in total. The van der Waals surface area contributed by atoms with Gasteiger partial charge in [0.2, 0.25) is 0 Å². The number of rotatable bonds is 3. The van der Waals surface area contributed by atoms with Crippen LogP contribution in [-0.2, 0) is 4.79 Å². The van der Waals surface area contributed by atoms with E-state index < -0.39 is 11.9 Å². The standard InChI is InChI=1S/C12H16N2O3/c1-6(11(15)16)10-7(2)13-12(17)14(8(10)3)9-4-5-9/h6,9H,4-5H2,1-3H3,(H,15,16). The van der Waals surface area contributed by atoms with Gasteiger partial charge in [0.15, 0.2) is 0 Å². The van der Waals surface area contributed by atoms with Crippen LogP contribution in [0.5, 0.6) is 0 Å². The molecule has 0 spiro atoms. The van der Waals surface area contributed by atoms with Crippen molar-refractivity contribution in [3.05, 3.63) is 27.4 Å². The predicted octanol–water partition coefficient (Wildman–Crippen LogP) is 1.38. The van der Waals surface area contributed by atoms with Crippen LogP contribution in [0.1, 0.15) is 48.7 Å². The average Bonchev–Trinajstić information content (AvgIpc) is 3.00. The SMILES string of the molecule is Cc1nc(=O)n(C2CC2)c(C)c1C(C)C(=O)O. The lowest BCUT2D eigenvalue weighted by Crippen LogP contribution is -2.28. The third kappa shape index (κ3) is 1.97. The van der Waals surface area contributed by atoms with Crippen molar-refractivity contribution >= 4 is 5.97 Å². The minimum Gasteiger partial charge on any atom is -0.481 e. The smallest absolute Gasteiger partial charge is 0.348 e. The third-order valence-corrected chi connectivity index (χ3v) is 3.33. The summed E-state index contributed by atoms with van der Waals surface area (Å²) in [5.41, 5.74) is 1.69. The molecule has 1 heterocycles. The first kappa shape index (κ1) is 11.8. The molecule has 92 valence electrons. The number of carboxylic acids is 1. The van der Waals surface area contributed by atoms with Crippen molar-refractivity contribution in [1.29, 1.82) is 0 Å². The lowest BCUT2D eigenvalue weighted by atomic mass is 9.98. The number of nitrogens with zero attached hydrogens (tertiary/aromatic N) is 2. The summed E-state index contributed by atoms with van der Waals surface area (Å²) in [7, 11) is 0. The van der Waals surface area contributed by atoms with Crippen LogP contribution in [0, 0.1) is 13.8 Å². The van der Waals surface area contributed by atoms with Gasteiger partial charge < -0.3 is 5.11 Å². The number of carboxylic acid groups (broad SMARTS) is 1. The second-order valence-electron chi connectivity index (χ2n) is 4.64. The monoisotopic (exact) mass is 236 g/mol. The van der Waals surface area contributed by atoms with Gasteiger partial charge in [-0.2, -0.15) is 4.98 Å². The first-order valence-corrected chi connectivity index (χ1v) is 5.76. The predicted molar refractivity (Wildman–Crippen MR) is 62.3 cm³/mol. The van der Waals surface area contributed by atoms with E-state index in [1.165, 1.54) is 0 Å². The Balaban J connectivity index is 2.62. The normalized spacial score (nSPS) is 16.9. The second-order valence-corrected chi connectivity index (χ2v) is 4.64. The molecule has 1 aliphatic carbocycles. The Bertz CT molecular complexity index is 529. The number of carbonyl (C=O) groups is 1. The molecular formula is C12H16N2O3. The summed E-state index contributed by atoms with van der Waals surface area (Å²) in [6, 6.07) is 0.218. The molecule has 5 heteroatoms. The van der Waals surface area contributed by atoms with Gasteiger partial charge in [0.25, 0.3) is 0 Å². The fraction of sp³-hybridized carbons (Fsp3) is 0.583. The molecule has 0 bridgehead atoms. The Labute approximate surface area is 99.1 Å². The molecule has 0 aromatic carbocycles. The highest BCUT2D eigenvalue weighted by Crippen LogP contribution is 2.35. The largest absolute Gasteiger partial charge is 0.481 e. The van der Waals surface area contributed by atoms with E-state index in [9.17, 15) is 9.59 Å². The number of aliphatic carboxylic acids is 1. The molecule has 1 unspecified atom stereocenters. The summed E-state index contributed by atoms with van der Waals surface area (Å²) < 4.78 is 1.64. The van der Waals surface area contributed by atoms with Gasteiger partial charge in [-0.3, -0.25) is 9.36 Å². The number of aryl methyl sites for hydroxylation is 1. The molecule has 0 aliphatic heterocycles. The van der Waals surface area contributed by atoms with Gasteiger partial charge >= 0.3 is 11.7 Å². The molecule has 17 heavy (non-hydrogen) atoms. The second kappa shape index (κ2) is 3.98. The summed E-state index contributed by atoms with van der Waals surface area (Å²) >= 11 is 0. The van der Waals surface area contributed by atoms with Crippen LogP contribution in [0.15, 0.2) is 4.79 Å². The van der Waals surface area contributed by atoms with Crippen molar-refractivity contribution in [2.75, 3.05) is 0 Å². The topological polar surface area (TPSA) is 72.2 Å². The maximum Gasteiger partial charge on any atom is 0.348 e. The first-order chi connectivity index (χ1) is 7.93. The fourth-order valence-corrected chi connectivity index (χ4v) is 2.31. The third-order valence-electron chi connectivity index (χ3n) is 3.33. The van der Waals surface area contributed by atoms with Crippen molar-refractivity contribution in [3.8, 4) is 0 Å². The van der Waals surface area contributed by atoms with Crippen LogP contribution in [0.25, 0.3) is 0 Å². The van der Waals surface area contributed by atoms with Gasteiger partial charge in [-0.1, -0.05) is 0 Å². The molecule has 0 radical (unpaired) electrons. The van der Waals surface area contributed by atoms with Crippen molar-refractivity contribution in [1.82, 2.24) is 9.55 Å². The summed E-state index contributed by atoms with van der Waals surface area (Å²) in [4.78, 5) is 26.8. The highest BCUT2D eigenvalue weighted by Gasteiger charge is 2.30. The van der Waals surface area contributed by atoms with Crippen LogP contribution in [0.4, 0.5) is 0 Å². The molecule has 1 aromatic rings. The molecule has 5 nitrogen and oxygen atoms in total. The van der Waals surface area contributed by atoms with Gasteiger partial charge in [-0.15, -0.1) is 0 Å². The quantitative estimate of drug-likeness (QED) is 0.860. The first-order valence-electron chi connectivity index (χ1n) is 5.76. The lowest BCUT2D eigenvalue weighted by Gasteiger charge is -2.17.